The molecule has 0 heterocycles. The van der Waals surface area contributed by atoms with Crippen LogP contribution in [0.4, 0.5) is 8.78 Å². The fraction of sp³-hybridized carbons (Fsp3) is 0.250. The monoisotopic (exact) mass is 310 g/mol. The van der Waals surface area contributed by atoms with Crippen LogP contribution in [0.3, 0.4) is 0 Å². The highest BCUT2D eigenvalue weighted by Gasteiger charge is 2.04. The Hall–Kier alpha value is -2.34. The molecule has 0 fully saturated rings. The molecule has 118 valence electrons. The Bertz CT molecular complexity index is 555. The highest BCUT2D eigenvalue weighted by molar-refractivity contribution is 5.32. The normalized spacial score (nSPS) is 10.5. The van der Waals surface area contributed by atoms with Crippen molar-refractivity contribution in [1.82, 2.24) is 0 Å². The van der Waals surface area contributed by atoms with Crippen molar-refractivity contribution in [2.75, 3.05) is 13.2 Å². The SMILES string of the molecule is OCCOc1ccc(OCc2ccc(OC(F)F)cc2)cc1. The zero-order valence-electron chi connectivity index (χ0n) is 11.7. The Morgan fingerprint density at radius 3 is 1.91 bits per heavy atom. The molecule has 0 bridgehead atoms. The molecule has 4 nitrogen and oxygen atoms in total. The first-order valence-corrected chi connectivity index (χ1v) is 6.67. The molecule has 0 unspecified atom stereocenters. The first-order chi connectivity index (χ1) is 10.7. The van der Waals surface area contributed by atoms with E-state index >= 15 is 0 Å². The summed E-state index contributed by atoms with van der Waals surface area (Å²) in [5, 5.41) is 8.66. The standard InChI is InChI=1S/C16H16F2O4/c17-16(18)22-15-3-1-12(2-4-15)11-21-14-7-5-13(6-8-14)20-10-9-19/h1-8,16,19H,9-11H2. The smallest absolute Gasteiger partial charge is 0.387 e. The Morgan fingerprint density at radius 2 is 1.36 bits per heavy atom. The number of rotatable bonds is 8. The number of aliphatic hydroxyl groups excluding tert-OH is 1. The van der Waals surface area contributed by atoms with Gasteiger partial charge in [0.25, 0.3) is 0 Å². The molecular weight excluding hydrogens is 294 g/mol. The first-order valence-electron chi connectivity index (χ1n) is 6.67. The molecule has 0 aliphatic heterocycles. The molecule has 0 saturated heterocycles. The lowest BCUT2D eigenvalue weighted by Gasteiger charge is -2.09. The van der Waals surface area contributed by atoms with Crippen molar-refractivity contribution >= 4 is 0 Å². The second kappa shape index (κ2) is 8.19. The Kier molecular flexibility index (Phi) is 5.97. The molecule has 22 heavy (non-hydrogen) atoms. The maximum atomic E-state index is 12.0. The lowest BCUT2D eigenvalue weighted by Crippen LogP contribution is -2.02. The van der Waals surface area contributed by atoms with E-state index in [-0.39, 0.29) is 19.0 Å². The van der Waals surface area contributed by atoms with Crippen molar-refractivity contribution in [3.8, 4) is 17.2 Å². The van der Waals surface area contributed by atoms with Gasteiger partial charge in [-0.25, -0.2) is 0 Å². The predicted octanol–water partition coefficient (Wildman–Crippen LogP) is 3.24. The van der Waals surface area contributed by atoms with Crippen molar-refractivity contribution in [1.29, 1.82) is 0 Å². The Morgan fingerprint density at radius 1 is 0.818 bits per heavy atom. The number of aliphatic hydroxyl groups is 1. The second-order valence-corrected chi connectivity index (χ2v) is 4.35. The zero-order valence-corrected chi connectivity index (χ0v) is 11.7. The van der Waals surface area contributed by atoms with Crippen LogP contribution in [0.2, 0.25) is 0 Å². The quantitative estimate of drug-likeness (QED) is 0.813. The summed E-state index contributed by atoms with van der Waals surface area (Å²) in [5.41, 5.74) is 0.835. The molecule has 1 N–H and O–H groups in total. The number of benzene rings is 2. The lowest BCUT2D eigenvalue weighted by atomic mass is 10.2. The van der Waals surface area contributed by atoms with Crippen LogP contribution in [0.25, 0.3) is 0 Å². The number of hydrogen-bond donors (Lipinski definition) is 1. The fourth-order valence-corrected chi connectivity index (χ4v) is 1.73. The molecule has 2 aromatic rings. The summed E-state index contributed by atoms with van der Waals surface area (Å²) in [4.78, 5) is 0. The summed E-state index contributed by atoms with van der Waals surface area (Å²) < 4.78 is 39.1. The molecule has 0 radical (unpaired) electrons. The first kappa shape index (κ1) is 16.0. The molecule has 0 aromatic heterocycles. The van der Waals surface area contributed by atoms with Gasteiger partial charge in [0.15, 0.2) is 0 Å². The van der Waals surface area contributed by atoms with E-state index in [0.717, 1.165) is 5.56 Å². The van der Waals surface area contributed by atoms with Crippen LogP contribution in [0.5, 0.6) is 17.2 Å². The van der Waals surface area contributed by atoms with Crippen LogP contribution in [-0.4, -0.2) is 24.9 Å². The van der Waals surface area contributed by atoms with Gasteiger partial charge in [0.1, 0.15) is 30.5 Å². The summed E-state index contributed by atoms with van der Waals surface area (Å²) >= 11 is 0. The number of ether oxygens (including phenoxy) is 3. The summed E-state index contributed by atoms with van der Waals surface area (Å²) in [7, 11) is 0. The van der Waals surface area contributed by atoms with Crippen LogP contribution in [0.1, 0.15) is 5.56 Å². The molecule has 0 spiro atoms. The number of alkyl halides is 2. The highest BCUT2D eigenvalue weighted by atomic mass is 19.3. The van der Waals surface area contributed by atoms with Crippen molar-refractivity contribution in [3.05, 3.63) is 54.1 Å². The van der Waals surface area contributed by atoms with E-state index in [2.05, 4.69) is 4.74 Å². The Balaban J connectivity index is 1.84. The minimum atomic E-state index is -2.83. The van der Waals surface area contributed by atoms with Crippen molar-refractivity contribution in [2.24, 2.45) is 0 Å². The highest BCUT2D eigenvalue weighted by Crippen LogP contribution is 2.20. The molecule has 0 saturated carbocycles. The summed E-state index contributed by atoms with van der Waals surface area (Å²) in [6.07, 6.45) is 0. The van der Waals surface area contributed by atoms with Gasteiger partial charge in [-0.15, -0.1) is 0 Å². The van der Waals surface area contributed by atoms with E-state index in [0.29, 0.717) is 18.1 Å². The van der Waals surface area contributed by atoms with E-state index in [1.54, 1.807) is 36.4 Å². The third kappa shape index (κ3) is 5.21. The molecular formula is C16H16F2O4. The van der Waals surface area contributed by atoms with Gasteiger partial charge >= 0.3 is 6.61 Å². The zero-order chi connectivity index (χ0) is 15.8. The molecule has 0 aliphatic rings. The molecule has 2 rings (SSSR count). The third-order valence-electron chi connectivity index (χ3n) is 2.74. The third-order valence-corrected chi connectivity index (χ3v) is 2.74. The van der Waals surface area contributed by atoms with Gasteiger partial charge < -0.3 is 19.3 Å². The fourth-order valence-electron chi connectivity index (χ4n) is 1.73. The Labute approximate surface area is 126 Å². The van der Waals surface area contributed by atoms with E-state index in [1.807, 2.05) is 0 Å². The van der Waals surface area contributed by atoms with Crippen LogP contribution in [0.15, 0.2) is 48.5 Å². The van der Waals surface area contributed by atoms with Gasteiger partial charge in [-0.2, -0.15) is 8.78 Å². The topological polar surface area (TPSA) is 47.9 Å². The summed E-state index contributed by atoms with van der Waals surface area (Å²) in [6, 6.07) is 13.2. The van der Waals surface area contributed by atoms with Gasteiger partial charge in [-0.1, -0.05) is 12.1 Å². The van der Waals surface area contributed by atoms with Gasteiger partial charge in [-0.05, 0) is 42.0 Å². The second-order valence-electron chi connectivity index (χ2n) is 4.35. The summed E-state index contributed by atoms with van der Waals surface area (Å²) in [5.74, 6) is 1.42. The van der Waals surface area contributed by atoms with Gasteiger partial charge in [-0.3, -0.25) is 0 Å². The lowest BCUT2D eigenvalue weighted by molar-refractivity contribution is -0.0498. The van der Waals surface area contributed by atoms with Crippen molar-refractivity contribution in [2.45, 2.75) is 13.2 Å². The molecule has 2 aromatic carbocycles. The molecule has 0 amide bonds. The maximum absolute atomic E-state index is 12.0. The van der Waals surface area contributed by atoms with E-state index < -0.39 is 6.61 Å². The largest absolute Gasteiger partial charge is 0.491 e. The minimum Gasteiger partial charge on any atom is -0.491 e. The van der Waals surface area contributed by atoms with Crippen LogP contribution < -0.4 is 14.2 Å². The molecule has 0 atom stereocenters. The number of halogens is 2. The van der Waals surface area contributed by atoms with Gasteiger partial charge in [0, 0.05) is 0 Å². The van der Waals surface area contributed by atoms with Crippen molar-refractivity contribution in [3.63, 3.8) is 0 Å². The van der Waals surface area contributed by atoms with Crippen LogP contribution in [0, 0.1) is 0 Å². The van der Waals surface area contributed by atoms with E-state index in [9.17, 15) is 8.78 Å². The average molecular weight is 310 g/mol. The molecule has 0 aliphatic carbocycles. The van der Waals surface area contributed by atoms with Gasteiger partial charge in [0.2, 0.25) is 0 Å². The minimum absolute atomic E-state index is 0.0382. The van der Waals surface area contributed by atoms with Crippen LogP contribution in [-0.2, 0) is 6.61 Å². The average Bonchev–Trinajstić information content (AvgIpc) is 2.53. The molecule has 6 heteroatoms. The van der Waals surface area contributed by atoms with E-state index in [1.165, 1.54) is 12.1 Å². The van der Waals surface area contributed by atoms with Gasteiger partial charge in [0.05, 0.1) is 6.61 Å². The number of hydrogen-bond acceptors (Lipinski definition) is 4. The van der Waals surface area contributed by atoms with Crippen LogP contribution >= 0.6 is 0 Å². The van der Waals surface area contributed by atoms with Crippen molar-refractivity contribution < 1.29 is 28.1 Å². The van der Waals surface area contributed by atoms with E-state index in [4.69, 9.17) is 14.6 Å². The summed E-state index contributed by atoms with van der Waals surface area (Å²) in [6.45, 7) is -2.31. The predicted molar refractivity (Wildman–Crippen MR) is 76.4 cm³/mol. The maximum Gasteiger partial charge on any atom is 0.387 e.